The van der Waals surface area contributed by atoms with Crippen LogP contribution in [0.25, 0.3) is 0 Å². The van der Waals surface area contributed by atoms with Crippen molar-refractivity contribution in [2.75, 3.05) is 19.0 Å². The SMILES string of the molecule is COCCC(C)NC(=O)Nc1ccc(C(C)O)cc1. The summed E-state index contributed by atoms with van der Waals surface area (Å²) in [4.78, 5) is 11.7. The topological polar surface area (TPSA) is 70.6 Å². The van der Waals surface area contributed by atoms with Gasteiger partial charge in [0.1, 0.15) is 0 Å². The number of aliphatic hydroxyl groups is 1. The lowest BCUT2D eigenvalue weighted by Gasteiger charge is -2.14. The molecule has 0 saturated carbocycles. The highest BCUT2D eigenvalue weighted by Crippen LogP contribution is 2.15. The molecule has 0 radical (unpaired) electrons. The van der Waals surface area contributed by atoms with Crippen molar-refractivity contribution in [1.29, 1.82) is 0 Å². The Labute approximate surface area is 114 Å². The predicted octanol–water partition coefficient (Wildman–Crippen LogP) is 2.29. The van der Waals surface area contributed by atoms with Crippen LogP contribution in [0.1, 0.15) is 31.9 Å². The van der Waals surface area contributed by atoms with Crippen molar-refractivity contribution >= 4 is 11.7 Å². The summed E-state index contributed by atoms with van der Waals surface area (Å²) in [7, 11) is 1.64. The quantitative estimate of drug-likeness (QED) is 0.740. The molecule has 0 aliphatic heterocycles. The molecular formula is C14H22N2O3. The van der Waals surface area contributed by atoms with Gasteiger partial charge in [-0.05, 0) is 38.0 Å². The second-order valence-corrected chi connectivity index (χ2v) is 4.58. The molecule has 2 amide bonds. The van der Waals surface area contributed by atoms with Crippen LogP contribution in [0.3, 0.4) is 0 Å². The van der Waals surface area contributed by atoms with Crippen molar-refractivity contribution in [3.63, 3.8) is 0 Å². The standard InChI is InChI=1S/C14H22N2O3/c1-10(8-9-19-3)15-14(18)16-13-6-4-12(5-7-13)11(2)17/h4-7,10-11,17H,8-9H2,1-3H3,(H2,15,16,18). The van der Waals surface area contributed by atoms with E-state index in [-0.39, 0.29) is 12.1 Å². The van der Waals surface area contributed by atoms with Gasteiger partial charge in [-0.3, -0.25) is 0 Å². The van der Waals surface area contributed by atoms with Crippen LogP contribution in [0.2, 0.25) is 0 Å². The Bertz CT molecular complexity index is 390. The Morgan fingerprint density at radius 3 is 2.47 bits per heavy atom. The van der Waals surface area contributed by atoms with Gasteiger partial charge in [0.15, 0.2) is 0 Å². The Kier molecular flexibility index (Phi) is 6.32. The Morgan fingerprint density at radius 1 is 1.32 bits per heavy atom. The van der Waals surface area contributed by atoms with Crippen molar-refractivity contribution in [3.8, 4) is 0 Å². The molecule has 0 aliphatic carbocycles. The normalized spacial score (nSPS) is 13.7. The average molecular weight is 266 g/mol. The van der Waals surface area contributed by atoms with Gasteiger partial charge in [-0.2, -0.15) is 0 Å². The van der Waals surface area contributed by atoms with E-state index in [9.17, 15) is 9.90 Å². The number of methoxy groups -OCH3 is 1. The number of anilines is 1. The molecule has 0 spiro atoms. The zero-order valence-corrected chi connectivity index (χ0v) is 11.6. The van der Waals surface area contributed by atoms with E-state index in [1.807, 2.05) is 6.92 Å². The highest BCUT2D eigenvalue weighted by Gasteiger charge is 2.07. The molecule has 0 aromatic heterocycles. The first-order valence-electron chi connectivity index (χ1n) is 6.37. The molecule has 0 fully saturated rings. The van der Waals surface area contributed by atoms with Crippen molar-refractivity contribution in [2.24, 2.45) is 0 Å². The van der Waals surface area contributed by atoms with E-state index in [2.05, 4.69) is 10.6 Å². The van der Waals surface area contributed by atoms with E-state index < -0.39 is 6.10 Å². The number of amides is 2. The summed E-state index contributed by atoms with van der Waals surface area (Å²) in [6.45, 7) is 4.24. The van der Waals surface area contributed by atoms with E-state index in [0.717, 1.165) is 12.0 Å². The van der Waals surface area contributed by atoms with Crippen LogP contribution in [0, 0.1) is 0 Å². The van der Waals surface area contributed by atoms with Crippen LogP contribution in [-0.2, 0) is 4.74 Å². The second kappa shape index (κ2) is 7.76. The number of benzene rings is 1. The monoisotopic (exact) mass is 266 g/mol. The van der Waals surface area contributed by atoms with E-state index in [1.165, 1.54) is 0 Å². The predicted molar refractivity (Wildman–Crippen MR) is 75.2 cm³/mol. The van der Waals surface area contributed by atoms with Crippen LogP contribution in [-0.4, -0.2) is 30.9 Å². The van der Waals surface area contributed by atoms with Crippen LogP contribution in [0.15, 0.2) is 24.3 Å². The lowest BCUT2D eigenvalue weighted by Crippen LogP contribution is -2.36. The molecule has 1 rings (SSSR count). The van der Waals surface area contributed by atoms with Crippen LogP contribution < -0.4 is 10.6 Å². The summed E-state index contributed by atoms with van der Waals surface area (Å²) in [5, 5.41) is 15.0. The minimum atomic E-state index is -0.503. The maximum atomic E-state index is 11.7. The zero-order chi connectivity index (χ0) is 14.3. The highest BCUT2D eigenvalue weighted by molar-refractivity contribution is 5.89. The summed E-state index contributed by atoms with van der Waals surface area (Å²) in [6, 6.07) is 6.91. The molecule has 0 saturated heterocycles. The maximum absolute atomic E-state index is 11.7. The summed E-state index contributed by atoms with van der Waals surface area (Å²) in [5.74, 6) is 0. The van der Waals surface area contributed by atoms with Crippen molar-refractivity contribution in [3.05, 3.63) is 29.8 Å². The van der Waals surface area contributed by atoms with Gasteiger partial charge in [0, 0.05) is 25.4 Å². The van der Waals surface area contributed by atoms with Gasteiger partial charge >= 0.3 is 6.03 Å². The number of rotatable bonds is 6. The highest BCUT2D eigenvalue weighted by atomic mass is 16.5. The minimum absolute atomic E-state index is 0.0525. The lowest BCUT2D eigenvalue weighted by molar-refractivity contribution is 0.185. The molecule has 0 heterocycles. The molecular weight excluding hydrogens is 244 g/mol. The molecule has 2 atom stereocenters. The summed E-state index contributed by atoms with van der Waals surface area (Å²) >= 11 is 0. The van der Waals surface area contributed by atoms with E-state index in [4.69, 9.17) is 4.74 Å². The number of carbonyl (C=O) groups is 1. The molecule has 0 bridgehead atoms. The van der Waals surface area contributed by atoms with Gasteiger partial charge in [0.2, 0.25) is 0 Å². The second-order valence-electron chi connectivity index (χ2n) is 4.58. The first kappa shape index (κ1) is 15.5. The van der Waals surface area contributed by atoms with Gasteiger partial charge in [-0.25, -0.2) is 4.79 Å². The molecule has 2 unspecified atom stereocenters. The van der Waals surface area contributed by atoms with E-state index in [1.54, 1.807) is 38.3 Å². The third kappa shape index (κ3) is 5.72. The largest absolute Gasteiger partial charge is 0.389 e. The Morgan fingerprint density at radius 2 is 1.95 bits per heavy atom. The van der Waals surface area contributed by atoms with Crippen molar-refractivity contribution in [1.82, 2.24) is 5.32 Å². The zero-order valence-electron chi connectivity index (χ0n) is 11.6. The third-order valence-corrected chi connectivity index (χ3v) is 2.78. The molecule has 3 N–H and O–H groups in total. The van der Waals surface area contributed by atoms with Crippen LogP contribution in [0.4, 0.5) is 10.5 Å². The van der Waals surface area contributed by atoms with Gasteiger partial charge in [-0.15, -0.1) is 0 Å². The Balaban J connectivity index is 2.43. The van der Waals surface area contributed by atoms with Crippen LogP contribution >= 0.6 is 0 Å². The number of aliphatic hydroxyl groups excluding tert-OH is 1. The summed E-state index contributed by atoms with van der Waals surface area (Å²) in [6.07, 6.45) is 0.266. The summed E-state index contributed by atoms with van der Waals surface area (Å²) < 4.78 is 4.95. The number of ether oxygens (including phenoxy) is 1. The van der Waals surface area contributed by atoms with Crippen molar-refractivity contribution in [2.45, 2.75) is 32.4 Å². The number of urea groups is 1. The van der Waals surface area contributed by atoms with Gasteiger partial charge < -0.3 is 20.5 Å². The van der Waals surface area contributed by atoms with E-state index >= 15 is 0 Å². The molecule has 5 heteroatoms. The van der Waals surface area contributed by atoms with Gasteiger partial charge in [0.05, 0.1) is 6.10 Å². The minimum Gasteiger partial charge on any atom is -0.389 e. The summed E-state index contributed by atoms with van der Waals surface area (Å²) in [5.41, 5.74) is 1.51. The molecule has 1 aromatic rings. The first-order chi connectivity index (χ1) is 9.02. The van der Waals surface area contributed by atoms with E-state index in [0.29, 0.717) is 12.3 Å². The number of carbonyl (C=O) groups excluding carboxylic acids is 1. The third-order valence-electron chi connectivity index (χ3n) is 2.78. The smallest absolute Gasteiger partial charge is 0.319 e. The van der Waals surface area contributed by atoms with Crippen molar-refractivity contribution < 1.29 is 14.6 Å². The van der Waals surface area contributed by atoms with Gasteiger partial charge in [-0.1, -0.05) is 12.1 Å². The fourth-order valence-corrected chi connectivity index (χ4v) is 1.60. The van der Waals surface area contributed by atoms with Gasteiger partial charge in [0.25, 0.3) is 0 Å². The molecule has 5 nitrogen and oxygen atoms in total. The average Bonchev–Trinajstić information content (AvgIpc) is 2.36. The fraction of sp³-hybridized carbons (Fsp3) is 0.500. The lowest BCUT2D eigenvalue weighted by atomic mass is 10.1. The number of hydrogen-bond donors (Lipinski definition) is 3. The molecule has 106 valence electrons. The molecule has 1 aromatic carbocycles. The molecule has 19 heavy (non-hydrogen) atoms. The molecule has 0 aliphatic rings. The fourth-order valence-electron chi connectivity index (χ4n) is 1.60. The van der Waals surface area contributed by atoms with Crippen LogP contribution in [0.5, 0.6) is 0 Å². The number of hydrogen-bond acceptors (Lipinski definition) is 3. The maximum Gasteiger partial charge on any atom is 0.319 e. The first-order valence-corrected chi connectivity index (χ1v) is 6.37. The number of nitrogens with one attached hydrogen (secondary N) is 2. The Hall–Kier alpha value is -1.59.